The second kappa shape index (κ2) is 7.43. The van der Waals surface area contributed by atoms with Gasteiger partial charge in [-0.1, -0.05) is 24.3 Å². The van der Waals surface area contributed by atoms with Gasteiger partial charge in [-0.15, -0.1) is 0 Å². The minimum absolute atomic E-state index is 0.0136. The lowest BCUT2D eigenvalue weighted by molar-refractivity contribution is -0.147. The number of ether oxygens (including phenoxy) is 1. The summed E-state index contributed by atoms with van der Waals surface area (Å²) in [4.78, 5) is 34.1. The number of benzene rings is 1. The Kier molecular flexibility index (Phi) is 5.90. The van der Waals surface area contributed by atoms with Crippen LogP contribution in [0.2, 0.25) is 0 Å². The highest BCUT2D eigenvalue weighted by Crippen LogP contribution is 2.08. The molecule has 0 unspecified atom stereocenters. The molecule has 0 bridgehead atoms. The highest BCUT2D eigenvalue weighted by atomic mass is 16.5. The first-order chi connectivity index (χ1) is 9.43. The van der Waals surface area contributed by atoms with Crippen molar-refractivity contribution in [2.75, 3.05) is 6.61 Å². The average Bonchev–Trinajstić information content (AvgIpc) is 2.38. The molecule has 1 aromatic carbocycles. The smallest absolute Gasteiger partial charge is 0.328 e. The number of nitrogens with one attached hydrogen (secondary N) is 1. The average molecular weight is 277 g/mol. The number of carbonyl (C=O) groups is 3. The maximum Gasteiger partial charge on any atom is 0.328 e. The third-order valence-electron chi connectivity index (χ3n) is 2.75. The molecule has 1 aromatic rings. The van der Waals surface area contributed by atoms with Crippen LogP contribution in [0, 0.1) is 0 Å². The van der Waals surface area contributed by atoms with E-state index in [-0.39, 0.29) is 18.3 Å². The number of Topliss-reactive ketones (excluding diaryl/α,β-unsaturated/α-hetero) is 1. The maximum atomic E-state index is 11.8. The first-order valence-electron chi connectivity index (χ1n) is 6.47. The number of ketones is 1. The van der Waals surface area contributed by atoms with Crippen LogP contribution >= 0.6 is 0 Å². The Balaban J connectivity index is 2.80. The van der Waals surface area contributed by atoms with Crippen molar-refractivity contribution < 1.29 is 19.1 Å². The molecule has 0 saturated carbocycles. The van der Waals surface area contributed by atoms with Gasteiger partial charge >= 0.3 is 5.97 Å². The molecule has 108 valence electrons. The molecule has 20 heavy (non-hydrogen) atoms. The zero-order valence-electron chi connectivity index (χ0n) is 11.9. The first-order valence-corrected chi connectivity index (χ1v) is 6.47. The number of hydrogen-bond donors (Lipinski definition) is 1. The van der Waals surface area contributed by atoms with E-state index in [9.17, 15) is 14.4 Å². The summed E-state index contributed by atoms with van der Waals surface area (Å²) in [6.45, 7) is 4.82. The van der Waals surface area contributed by atoms with Crippen LogP contribution in [0.3, 0.4) is 0 Å². The number of carbonyl (C=O) groups excluding carboxylic acids is 3. The minimum atomic E-state index is -0.712. The molecule has 0 aliphatic rings. The summed E-state index contributed by atoms with van der Waals surface area (Å²) < 4.78 is 4.93. The Morgan fingerprint density at radius 1 is 1.15 bits per heavy atom. The highest BCUT2D eigenvalue weighted by Gasteiger charge is 2.21. The fraction of sp³-hybridized carbons (Fsp3) is 0.400. The van der Waals surface area contributed by atoms with Crippen molar-refractivity contribution in [2.45, 2.75) is 33.2 Å². The van der Waals surface area contributed by atoms with Crippen LogP contribution in [0.15, 0.2) is 24.3 Å². The zero-order chi connectivity index (χ0) is 15.1. The Hall–Kier alpha value is -2.17. The van der Waals surface area contributed by atoms with E-state index in [2.05, 4.69) is 5.32 Å². The molecule has 1 atom stereocenters. The lowest BCUT2D eigenvalue weighted by Crippen LogP contribution is -2.42. The number of hydrogen-bond acceptors (Lipinski definition) is 4. The summed E-state index contributed by atoms with van der Waals surface area (Å²) >= 11 is 0. The fourth-order valence-electron chi connectivity index (χ4n) is 1.79. The third kappa shape index (κ3) is 4.84. The third-order valence-corrected chi connectivity index (χ3v) is 2.75. The second-order valence-electron chi connectivity index (χ2n) is 4.46. The van der Waals surface area contributed by atoms with Gasteiger partial charge in [0.25, 0.3) is 0 Å². The Bertz CT molecular complexity index is 493. The fourth-order valence-corrected chi connectivity index (χ4v) is 1.79. The van der Waals surface area contributed by atoms with Gasteiger partial charge < -0.3 is 10.1 Å². The number of esters is 1. The molecule has 0 heterocycles. The predicted octanol–water partition coefficient (Wildman–Crippen LogP) is 1.50. The van der Waals surface area contributed by atoms with Crippen LogP contribution in [0.5, 0.6) is 0 Å². The van der Waals surface area contributed by atoms with Crippen molar-refractivity contribution in [3.8, 4) is 0 Å². The number of rotatable bonds is 6. The van der Waals surface area contributed by atoms with Crippen LogP contribution in [0.25, 0.3) is 0 Å². The van der Waals surface area contributed by atoms with E-state index in [4.69, 9.17) is 4.74 Å². The molecule has 0 aliphatic heterocycles. The number of amides is 1. The molecule has 5 heteroatoms. The van der Waals surface area contributed by atoms with E-state index in [0.717, 1.165) is 5.56 Å². The van der Waals surface area contributed by atoms with Gasteiger partial charge in [-0.2, -0.15) is 0 Å². The van der Waals surface area contributed by atoms with E-state index in [1.165, 1.54) is 13.8 Å². The summed E-state index contributed by atoms with van der Waals surface area (Å²) in [7, 11) is 0. The molecule has 0 aliphatic carbocycles. The molecule has 0 fully saturated rings. The van der Waals surface area contributed by atoms with Crippen molar-refractivity contribution in [3.05, 3.63) is 35.4 Å². The van der Waals surface area contributed by atoms with E-state index in [1.807, 2.05) is 0 Å². The quantitative estimate of drug-likeness (QED) is 0.631. The van der Waals surface area contributed by atoms with Gasteiger partial charge in [0.15, 0.2) is 5.78 Å². The van der Waals surface area contributed by atoms with Crippen molar-refractivity contribution in [3.63, 3.8) is 0 Å². The minimum Gasteiger partial charge on any atom is -0.464 e. The van der Waals surface area contributed by atoms with Gasteiger partial charge in [0.2, 0.25) is 5.91 Å². The van der Waals surface area contributed by atoms with Crippen molar-refractivity contribution in [1.82, 2.24) is 5.32 Å². The molecule has 0 aromatic heterocycles. The van der Waals surface area contributed by atoms with Gasteiger partial charge in [0.05, 0.1) is 6.61 Å². The predicted molar refractivity (Wildman–Crippen MR) is 74.4 cm³/mol. The van der Waals surface area contributed by atoms with Crippen molar-refractivity contribution >= 4 is 17.7 Å². The van der Waals surface area contributed by atoms with Gasteiger partial charge in [-0.3, -0.25) is 9.59 Å². The largest absolute Gasteiger partial charge is 0.464 e. The van der Waals surface area contributed by atoms with E-state index in [0.29, 0.717) is 12.0 Å². The maximum absolute atomic E-state index is 11.8. The molecular weight excluding hydrogens is 258 g/mol. The molecule has 0 spiro atoms. The van der Waals surface area contributed by atoms with Gasteiger partial charge in [-0.05, 0) is 19.4 Å². The van der Waals surface area contributed by atoms with Crippen LogP contribution < -0.4 is 5.32 Å². The van der Waals surface area contributed by atoms with Crippen LogP contribution in [-0.2, 0) is 20.7 Å². The molecule has 0 radical (unpaired) electrons. The Morgan fingerprint density at radius 2 is 1.75 bits per heavy atom. The van der Waals surface area contributed by atoms with Crippen LogP contribution in [0.1, 0.15) is 36.7 Å². The summed E-state index contributed by atoms with van der Waals surface area (Å²) in [5, 5.41) is 2.57. The van der Waals surface area contributed by atoms with Crippen molar-refractivity contribution in [2.24, 2.45) is 0 Å². The van der Waals surface area contributed by atoms with Gasteiger partial charge in [-0.25, -0.2) is 4.79 Å². The van der Waals surface area contributed by atoms with Crippen LogP contribution in [-0.4, -0.2) is 30.3 Å². The van der Waals surface area contributed by atoms with E-state index < -0.39 is 12.0 Å². The summed E-state index contributed by atoms with van der Waals surface area (Å²) in [6, 6.07) is 6.23. The lowest BCUT2D eigenvalue weighted by atomic mass is 10.0. The summed E-state index contributed by atoms with van der Waals surface area (Å²) in [6.07, 6.45) is 0.330. The molecular formula is C15H19NO4. The summed E-state index contributed by atoms with van der Waals surface area (Å²) in [5.41, 5.74) is 1.46. The second-order valence-corrected chi connectivity index (χ2v) is 4.46. The highest BCUT2D eigenvalue weighted by molar-refractivity contribution is 5.94. The van der Waals surface area contributed by atoms with Crippen LogP contribution in [0.4, 0.5) is 0 Å². The van der Waals surface area contributed by atoms with E-state index in [1.54, 1.807) is 31.2 Å². The Labute approximate surface area is 118 Å². The summed E-state index contributed by atoms with van der Waals surface area (Å²) in [5.74, 6) is -0.762. The Morgan fingerprint density at radius 3 is 2.20 bits per heavy atom. The normalized spacial score (nSPS) is 11.6. The van der Waals surface area contributed by atoms with Gasteiger partial charge in [0, 0.05) is 18.9 Å². The molecule has 0 saturated heterocycles. The van der Waals surface area contributed by atoms with E-state index >= 15 is 0 Å². The SMILES string of the molecule is CCOC(=O)[C@H](Cc1ccc(C(C)=O)cc1)NC(C)=O. The molecule has 1 N–H and O–H groups in total. The monoisotopic (exact) mass is 277 g/mol. The standard InChI is InChI=1S/C15H19NO4/c1-4-20-15(19)14(16-11(3)18)9-12-5-7-13(8-6-12)10(2)17/h5-8,14H,4,9H2,1-3H3,(H,16,18)/t14-/m0/s1. The first kappa shape index (κ1) is 15.9. The van der Waals surface area contributed by atoms with Crippen molar-refractivity contribution in [1.29, 1.82) is 0 Å². The zero-order valence-corrected chi connectivity index (χ0v) is 11.9. The van der Waals surface area contributed by atoms with Gasteiger partial charge in [0.1, 0.15) is 6.04 Å². The molecule has 1 rings (SSSR count). The molecule has 5 nitrogen and oxygen atoms in total. The molecule has 1 amide bonds. The topological polar surface area (TPSA) is 72.5 Å². The lowest BCUT2D eigenvalue weighted by Gasteiger charge is -2.16.